The van der Waals surface area contributed by atoms with Crippen LogP contribution in [0.1, 0.15) is 16.7 Å². The molecule has 3 rings (SSSR count). The lowest BCUT2D eigenvalue weighted by atomic mass is 10.2. The van der Waals surface area contributed by atoms with Gasteiger partial charge in [0.15, 0.2) is 11.5 Å². The molecule has 0 aliphatic heterocycles. The van der Waals surface area contributed by atoms with Crippen LogP contribution in [-0.4, -0.2) is 13.1 Å². The molecule has 3 aromatic rings. The van der Waals surface area contributed by atoms with E-state index in [1.165, 1.54) is 6.08 Å². The molecule has 0 saturated heterocycles. The smallest absolute Gasteiger partial charge is 0.336 e. The lowest BCUT2D eigenvalue weighted by molar-refractivity contribution is -0.128. The lowest BCUT2D eigenvalue weighted by Crippen LogP contribution is -2.04. The first-order valence-corrected chi connectivity index (χ1v) is 10.3. The highest BCUT2D eigenvalue weighted by molar-refractivity contribution is 9.10. The Hall–Kier alpha value is -2.76. The van der Waals surface area contributed by atoms with Crippen LogP contribution in [0, 0.1) is 6.92 Å². The number of ether oxygens (including phenoxy) is 3. The van der Waals surface area contributed by atoms with E-state index < -0.39 is 5.97 Å². The Balaban J connectivity index is 1.64. The van der Waals surface area contributed by atoms with Gasteiger partial charge in [-0.15, -0.1) is 0 Å². The lowest BCUT2D eigenvalue weighted by Gasteiger charge is -2.11. The molecular formula is C24H20BrClO4. The van der Waals surface area contributed by atoms with Gasteiger partial charge in [-0.05, 0) is 82.0 Å². The van der Waals surface area contributed by atoms with Crippen LogP contribution in [0.5, 0.6) is 17.2 Å². The van der Waals surface area contributed by atoms with Gasteiger partial charge in [-0.1, -0.05) is 35.9 Å². The SMILES string of the molecule is COc1cc(/C=C/C(=O)Oc2ccc(C)cc2Br)ccc1OCc1ccc(Cl)cc1. The summed E-state index contributed by atoms with van der Waals surface area (Å²) in [6, 6.07) is 18.4. The molecule has 4 nitrogen and oxygen atoms in total. The molecule has 0 saturated carbocycles. The third-order valence-corrected chi connectivity index (χ3v) is 5.08. The van der Waals surface area contributed by atoms with Crippen molar-refractivity contribution in [3.8, 4) is 17.2 Å². The number of hydrogen-bond acceptors (Lipinski definition) is 4. The fourth-order valence-corrected chi connectivity index (χ4v) is 3.34. The minimum atomic E-state index is -0.471. The van der Waals surface area contributed by atoms with Crippen molar-refractivity contribution in [2.75, 3.05) is 7.11 Å². The zero-order chi connectivity index (χ0) is 21.5. The second kappa shape index (κ2) is 10.3. The first-order chi connectivity index (χ1) is 14.4. The molecule has 0 bridgehead atoms. The largest absolute Gasteiger partial charge is 0.493 e. The highest BCUT2D eigenvalue weighted by atomic mass is 79.9. The quantitative estimate of drug-likeness (QED) is 0.213. The first-order valence-electron chi connectivity index (χ1n) is 9.16. The van der Waals surface area contributed by atoms with E-state index in [-0.39, 0.29) is 0 Å². The number of benzene rings is 3. The van der Waals surface area contributed by atoms with Crippen molar-refractivity contribution >= 4 is 39.6 Å². The number of methoxy groups -OCH3 is 1. The summed E-state index contributed by atoms with van der Waals surface area (Å²) in [6.45, 7) is 2.35. The molecule has 0 N–H and O–H groups in total. The molecular weight excluding hydrogens is 468 g/mol. The summed E-state index contributed by atoms with van der Waals surface area (Å²) in [5.74, 6) is 1.18. The van der Waals surface area contributed by atoms with E-state index >= 15 is 0 Å². The molecule has 0 aromatic heterocycles. The second-order valence-electron chi connectivity index (χ2n) is 6.51. The molecule has 30 heavy (non-hydrogen) atoms. The second-order valence-corrected chi connectivity index (χ2v) is 7.80. The van der Waals surface area contributed by atoms with E-state index in [2.05, 4.69) is 15.9 Å². The number of aryl methyl sites for hydroxylation is 1. The van der Waals surface area contributed by atoms with Crippen molar-refractivity contribution in [2.45, 2.75) is 13.5 Å². The maximum absolute atomic E-state index is 12.1. The zero-order valence-corrected chi connectivity index (χ0v) is 18.9. The van der Waals surface area contributed by atoms with Gasteiger partial charge in [-0.25, -0.2) is 4.79 Å². The number of hydrogen-bond donors (Lipinski definition) is 0. The fraction of sp³-hybridized carbons (Fsp3) is 0.125. The maximum atomic E-state index is 12.1. The Morgan fingerprint density at radius 2 is 1.73 bits per heavy atom. The molecule has 3 aromatic carbocycles. The van der Waals surface area contributed by atoms with Gasteiger partial charge in [0, 0.05) is 11.1 Å². The highest BCUT2D eigenvalue weighted by Gasteiger charge is 2.08. The minimum absolute atomic E-state index is 0.389. The summed E-state index contributed by atoms with van der Waals surface area (Å²) in [4.78, 5) is 12.1. The first kappa shape index (κ1) is 21.9. The third-order valence-electron chi connectivity index (χ3n) is 4.21. The van der Waals surface area contributed by atoms with Gasteiger partial charge in [-0.3, -0.25) is 0 Å². The van der Waals surface area contributed by atoms with Gasteiger partial charge in [0.1, 0.15) is 12.4 Å². The molecule has 0 amide bonds. The average molecular weight is 488 g/mol. The van der Waals surface area contributed by atoms with Crippen molar-refractivity contribution in [3.05, 3.63) is 92.9 Å². The van der Waals surface area contributed by atoms with Crippen LogP contribution in [0.2, 0.25) is 5.02 Å². The Kier molecular flexibility index (Phi) is 7.55. The van der Waals surface area contributed by atoms with Crippen LogP contribution >= 0.6 is 27.5 Å². The van der Waals surface area contributed by atoms with Crippen LogP contribution in [0.15, 0.2) is 71.2 Å². The number of carbonyl (C=O) groups is 1. The summed E-state index contributed by atoms with van der Waals surface area (Å²) in [6.07, 6.45) is 3.03. The van der Waals surface area contributed by atoms with E-state index in [1.807, 2.05) is 49.4 Å². The normalized spacial score (nSPS) is 10.8. The number of halogens is 2. The van der Waals surface area contributed by atoms with Crippen molar-refractivity contribution in [3.63, 3.8) is 0 Å². The Morgan fingerprint density at radius 3 is 2.43 bits per heavy atom. The van der Waals surface area contributed by atoms with E-state index in [0.29, 0.717) is 28.9 Å². The highest BCUT2D eigenvalue weighted by Crippen LogP contribution is 2.30. The summed E-state index contributed by atoms with van der Waals surface area (Å²) in [5, 5.41) is 0.681. The maximum Gasteiger partial charge on any atom is 0.336 e. The third kappa shape index (κ3) is 6.12. The molecule has 0 aliphatic rings. The Labute approximate surface area is 189 Å². The molecule has 6 heteroatoms. The van der Waals surface area contributed by atoms with E-state index in [9.17, 15) is 4.79 Å². The van der Waals surface area contributed by atoms with E-state index in [4.69, 9.17) is 25.8 Å². The number of rotatable bonds is 7. The van der Waals surface area contributed by atoms with Gasteiger partial charge in [0.25, 0.3) is 0 Å². The summed E-state index contributed by atoms with van der Waals surface area (Å²) < 4.78 is 17.4. The number of esters is 1. The molecule has 0 aliphatic carbocycles. The Bertz CT molecular complexity index is 1060. The topological polar surface area (TPSA) is 44.8 Å². The van der Waals surface area contributed by atoms with Gasteiger partial charge in [-0.2, -0.15) is 0 Å². The predicted molar refractivity (Wildman–Crippen MR) is 122 cm³/mol. The molecule has 0 heterocycles. The summed E-state index contributed by atoms with van der Waals surface area (Å²) >= 11 is 9.30. The predicted octanol–water partition coefficient (Wildman–Crippen LogP) is 6.62. The van der Waals surface area contributed by atoms with Crippen LogP contribution in [0.25, 0.3) is 6.08 Å². The molecule has 0 atom stereocenters. The zero-order valence-electron chi connectivity index (χ0n) is 16.5. The summed E-state index contributed by atoms with van der Waals surface area (Å²) in [7, 11) is 1.57. The average Bonchev–Trinajstić information content (AvgIpc) is 2.74. The fourth-order valence-electron chi connectivity index (χ4n) is 2.64. The van der Waals surface area contributed by atoms with E-state index in [1.54, 1.807) is 31.4 Å². The minimum Gasteiger partial charge on any atom is -0.493 e. The van der Waals surface area contributed by atoms with Crippen LogP contribution in [0.4, 0.5) is 0 Å². The van der Waals surface area contributed by atoms with Crippen molar-refractivity contribution < 1.29 is 19.0 Å². The van der Waals surface area contributed by atoms with Crippen LogP contribution in [-0.2, 0) is 11.4 Å². The standard InChI is InChI=1S/C24H20BrClO4/c1-16-3-10-21(20(25)13-16)30-24(27)12-7-17-6-11-22(23(14-17)28-2)29-15-18-4-8-19(26)9-5-18/h3-14H,15H2,1-2H3/b12-7+. The molecule has 0 unspecified atom stereocenters. The molecule has 0 spiro atoms. The molecule has 0 fully saturated rings. The Morgan fingerprint density at radius 1 is 1.00 bits per heavy atom. The van der Waals surface area contributed by atoms with E-state index in [0.717, 1.165) is 21.2 Å². The van der Waals surface area contributed by atoms with Crippen LogP contribution in [0.3, 0.4) is 0 Å². The summed E-state index contributed by atoms with van der Waals surface area (Å²) in [5.41, 5.74) is 2.85. The van der Waals surface area contributed by atoms with Gasteiger partial charge >= 0.3 is 5.97 Å². The van der Waals surface area contributed by atoms with Crippen LogP contribution < -0.4 is 14.2 Å². The van der Waals surface area contributed by atoms with Crippen molar-refractivity contribution in [1.82, 2.24) is 0 Å². The molecule has 154 valence electrons. The van der Waals surface area contributed by atoms with Crippen molar-refractivity contribution in [2.24, 2.45) is 0 Å². The monoisotopic (exact) mass is 486 g/mol. The van der Waals surface area contributed by atoms with Gasteiger partial charge in [0.2, 0.25) is 0 Å². The van der Waals surface area contributed by atoms with Crippen molar-refractivity contribution in [1.29, 1.82) is 0 Å². The molecule has 0 radical (unpaired) electrons. The number of carbonyl (C=O) groups excluding carboxylic acids is 1. The van der Waals surface area contributed by atoms with Gasteiger partial charge in [0.05, 0.1) is 11.6 Å². The van der Waals surface area contributed by atoms with Gasteiger partial charge < -0.3 is 14.2 Å².